The van der Waals surface area contributed by atoms with Crippen molar-refractivity contribution < 1.29 is 9.90 Å². The molecular weight excluding hydrogens is 270 g/mol. The molecule has 0 bridgehead atoms. The van der Waals surface area contributed by atoms with Gasteiger partial charge < -0.3 is 20.6 Å². The minimum Gasteiger partial charge on any atom is -0.465 e. The molecule has 1 amide bonds. The number of hydrogen-bond donors (Lipinski definition) is 3. The van der Waals surface area contributed by atoms with Crippen molar-refractivity contribution in [2.75, 3.05) is 24.3 Å². The third kappa shape index (κ3) is 4.21. The molecule has 2 rings (SSSR count). The van der Waals surface area contributed by atoms with Crippen LogP contribution in [0.2, 0.25) is 0 Å². The predicted molar refractivity (Wildman–Crippen MR) is 81.9 cm³/mol. The maximum absolute atomic E-state index is 10.6. The lowest BCUT2D eigenvalue weighted by molar-refractivity contribution is 0.185. The van der Waals surface area contributed by atoms with Crippen LogP contribution in [0.15, 0.2) is 6.20 Å². The van der Waals surface area contributed by atoms with Gasteiger partial charge in [-0.25, -0.2) is 9.78 Å². The van der Waals surface area contributed by atoms with Crippen molar-refractivity contribution in [1.82, 2.24) is 15.3 Å². The van der Waals surface area contributed by atoms with E-state index in [1.165, 1.54) is 0 Å². The molecule has 21 heavy (non-hydrogen) atoms. The Balaban J connectivity index is 1.94. The second-order valence-corrected chi connectivity index (χ2v) is 5.74. The Labute approximate surface area is 124 Å². The minimum atomic E-state index is -0.936. The van der Waals surface area contributed by atoms with Gasteiger partial charge in [-0.15, -0.1) is 0 Å². The van der Waals surface area contributed by atoms with Crippen molar-refractivity contribution in [3.8, 4) is 0 Å². The first-order chi connectivity index (χ1) is 9.95. The SMILES string of the molecule is Cc1cnc(N(C)C)nc1NC1CCC(NC(=O)O)CC1. The van der Waals surface area contributed by atoms with E-state index in [0.29, 0.717) is 12.0 Å². The molecule has 1 fully saturated rings. The standard InChI is InChI=1S/C14H23N5O2/c1-9-8-15-13(19(2)3)18-12(9)16-10-4-6-11(7-5-10)17-14(20)21/h8,10-11,17H,4-7H2,1-3H3,(H,20,21)(H,15,16,18). The number of nitrogens with zero attached hydrogens (tertiary/aromatic N) is 3. The van der Waals surface area contributed by atoms with E-state index in [-0.39, 0.29) is 6.04 Å². The molecule has 1 heterocycles. The van der Waals surface area contributed by atoms with E-state index in [1.807, 2.05) is 32.1 Å². The van der Waals surface area contributed by atoms with Crippen LogP contribution in [0.4, 0.5) is 16.6 Å². The summed E-state index contributed by atoms with van der Waals surface area (Å²) in [4.78, 5) is 21.3. The van der Waals surface area contributed by atoms with Crippen LogP contribution in [0.1, 0.15) is 31.2 Å². The van der Waals surface area contributed by atoms with Crippen molar-refractivity contribution in [1.29, 1.82) is 0 Å². The quantitative estimate of drug-likeness (QED) is 0.785. The molecule has 7 heteroatoms. The molecule has 1 aromatic heterocycles. The Kier molecular flexibility index (Phi) is 4.82. The summed E-state index contributed by atoms with van der Waals surface area (Å²) in [5.74, 6) is 1.55. The van der Waals surface area contributed by atoms with Gasteiger partial charge in [0.25, 0.3) is 0 Å². The van der Waals surface area contributed by atoms with Crippen LogP contribution < -0.4 is 15.5 Å². The van der Waals surface area contributed by atoms with E-state index in [9.17, 15) is 4.79 Å². The molecule has 3 N–H and O–H groups in total. The maximum Gasteiger partial charge on any atom is 0.404 e. The van der Waals surface area contributed by atoms with Crippen LogP contribution >= 0.6 is 0 Å². The Bertz CT molecular complexity index is 498. The van der Waals surface area contributed by atoms with Gasteiger partial charge in [0.1, 0.15) is 5.82 Å². The van der Waals surface area contributed by atoms with E-state index < -0.39 is 6.09 Å². The first-order valence-corrected chi connectivity index (χ1v) is 7.22. The lowest BCUT2D eigenvalue weighted by atomic mass is 9.91. The lowest BCUT2D eigenvalue weighted by Crippen LogP contribution is -2.39. The third-order valence-corrected chi connectivity index (χ3v) is 3.75. The largest absolute Gasteiger partial charge is 0.465 e. The summed E-state index contributed by atoms with van der Waals surface area (Å²) in [6.45, 7) is 1.99. The average Bonchev–Trinajstić information content (AvgIpc) is 2.42. The van der Waals surface area contributed by atoms with Gasteiger partial charge in [0.05, 0.1) is 0 Å². The molecule has 116 valence electrons. The zero-order valence-corrected chi connectivity index (χ0v) is 12.8. The number of carbonyl (C=O) groups is 1. The highest BCUT2D eigenvalue weighted by Gasteiger charge is 2.23. The highest BCUT2D eigenvalue weighted by atomic mass is 16.4. The van der Waals surface area contributed by atoms with Gasteiger partial charge in [-0.1, -0.05) is 0 Å². The number of carboxylic acid groups (broad SMARTS) is 1. The summed E-state index contributed by atoms with van der Waals surface area (Å²) in [5.41, 5.74) is 1.02. The Morgan fingerprint density at radius 1 is 1.29 bits per heavy atom. The second kappa shape index (κ2) is 6.60. The second-order valence-electron chi connectivity index (χ2n) is 5.74. The van der Waals surface area contributed by atoms with Crippen molar-refractivity contribution in [2.24, 2.45) is 0 Å². The van der Waals surface area contributed by atoms with Crippen LogP contribution in [-0.4, -0.2) is 47.3 Å². The third-order valence-electron chi connectivity index (χ3n) is 3.75. The molecule has 1 aromatic rings. The fourth-order valence-corrected chi connectivity index (χ4v) is 2.54. The van der Waals surface area contributed by atoms with Crippen LogP contribution in [0.25, 0.3) is 0 Å². The summed E-state index contributed by atoms with van der Waals surface area (Å²) in [7, 11) is 3.83. The number of aryl methyl sites for hydroxylation is 1. The fraction of sp³-hybridized carbons (Fsp3) is 0.643. The normalized spacial score (nSPS) is 21.7. The molecule has 0 unspecified atom stereocenters. The number of aromatic nitrogens is 2. The number of nitrogens with one attached hydrogen (secondary N) is 2. The maximum atomic E-state index is 10.6. The van der Waals surface area contributed by atoms with Crippen LogP contribution in [-0.2, 0) is 0 Å². The predicted octanol–water partition coefficient (Wildman–Crippen LogP) is 1.84. The molecular formula is C14H23N5O2. The molecule has 7 nitrogen and oxygen atoms in total. The highest BCUT2D eigenvalue weighted by molar-refractivity contribution is 5.64. The van der Waals surface area contributed by atoms with E-state index in [0.717, 1.165) is 37.1 Å². The topological polar surface area (TPSA) is 90.4 Å². The van der Waals surface area contributed by atoms with Gasteiger partial charge in [-0.3, -0.25) is 0 Å². The van der Waals surface area contributed by atoms with E-state index in [1.54, 1.807) is 0 Å². The van der Waals surface area contributed by atoms with Crippen LogP contribution in [0.5, 0.6) is 0 Å². The molecule has 0 aliphatic heterocycles. The van der Waals surface area contributed by atoms with Crippen molar-refractivity contribution in [3.63, 3.8) is 0 Å². The molecule has 0 radical (unpaired) electrons. The van der Waals surface area contributed by atoms with Crippen molar-refractivity contribution in [2.45, 2.75) is 44.7 Å². The fourth-order valence-electron chi connectivity index (χ4n) is 2.54. The summed E-state index contributed by atoms with van der Waals surface area (Å²) in [5, 5.41) is 14.8. The van der Waals surface area contributed by atoms with Crippen molar-refractivity contribution >= 4 is 17.9 Å². The number of anilines is 2. The summed E-state index contributed by atoms with van der Waals surface area (Å²) in [6, 6.07) is 0.407. The number of hydrogen-bond acceptors (Lipinski definition) is 5. The summed E-state index contributed by atoms with van der Waals surface area (Å²) < 4.78 is 0. The minimum absolute atomic E-state index is 0.0735. The molecule has 1 aliphatic carbocycles. The van der Waals surface area contributed by atoms with Gasteiger partial charge in [0, 0.05) is 37.9 Å². The molecule has 0 saturated heterocycles. The summed E-state index contributed by atoms with van der Waals surface area (Å²) >= 11 is 0. The van der Waals surface area contributed by atoms with E-state index in [4.69, 9.17) is 5.11 Å². The van der Waals surface area contributed by atoms with Gasteiger partial charge in [-0.2, -0.15) is 4.98 Å². The molecule has 1 aliphatic rings. The van der Waals surface area contributed by atoms with E-state index in [2.05, 4.69) is 20.6 Å². The van der Waals surface area contributed by atoms with Crippen LogP contribution in [0, 0.1) is 6.92 Å². The zero-order valence-electron chi connectivity index (χ0n) is 12.8. The molecule has 1 saturated carbocycles. The summed E-state index contributed by atoms with van der Waals surface area (Å²) in [6.07, 6.45) is 4.47. The van der Waals surface area contributed by atoms with Gasteiger partial charge in [-0.05, 0) is 32.6 Å². The first-order valence-electron chi connectivity index (χ1n) is 7.22. The monoisotopic (exact) mass is 293 g/mol. The van der Waals surface area contributed by atoms with Crippen molar-refractivity contribution in [3.05, 3.63) is 11.8 Å². The smallest absolute Gasteiger partial charge is 0.404 e. The van der Waals surface area contributed by atoms with E-state index >= 15 is 0 Å². The van der Waals surface area contributed by atoms with Gasteiger partial charge in [0.15, 0.2) is 0 Å². The first kappa shape index (κ1) is 15.3. The number of amides is 1. The van der Waals surface area contributed by atoms with Gasteiger partial charge in [0.2, 0.25) is 5.95 Å². The number of rotatable bonds is 4. The highest BCUT2D eigenvalue weighted by Crippen LogP contribution is 2.23. The van der Waals surface area contributed by atoms with Crippen LogP contribution in [0.3, 0.4) is 0 Å². The molecule has 0 aromatic carbocycles. The van der Waals surface area contributed by atoms with Gasteiger partial charge >= 0.3 is 6.09 Å². The Hall–Kier alpha value is -2.05. The zero-order chi connectivity index (χ0) is 15.4. The molecule has 0 spiro atoms. The lowest BCUT2D eigenvalue weighted by Gasteiger charge is -2.29. The Morgan fingerprint density at radius 3 is 2.48 bits per heavy atom. The molecule has 0 atom stereocenters. The average molecular weight is 293 g/mol. The Morgan fingerprint density at radius 2 is 1.90 bits per heavy atom.